The quantitative estimate of drug-likeness (QED) is 0.125. The first-order chi connectivity index (χ1) is 22.5. The first-order valence-corrected chi connectivity index (χ1v) is 16.0. The lowest BCUT2D eigenvalue weighted by atomic mass is 10.1. The first kappa shape index (κ1) is 30.8. The van der Waals surface area contributed by atoms with Crippen LogP contribution in [0.2, 0.25) is 0 Å². The molecular weight excluding hydrogens is 580 g/mol. The van der Waals surface area contributed by atoms with Crippen molar-refractivity contribution in [1.82, 2.24) is 15.0 Å². The summed E-state index contributed by atoms with van der Waals surface area (Å²) in [6, 6.07) is 22.0. The number of nitrogens with one attached hydrogen (secondary N) is 3. The van der Waals surface area contributed by atoms with Gasteiger partial charge in [-0.1, -0.05) is 0 Å². The number of Topliss-reactive ketones (excluding diaryl/α,β-unsaturated/α-hetero) is 1. The van der Waals surface area contributed by atoms with Crippen LogP contribution in [0, 0.1) is 0 Å². The number of nitrogens with zero attached hydrogens (tertiary/aromatic N) is 5. The standard InChI is InChI=1S/C35H40N8O3/c1-46-30-18-16-27(17-19-30)36-26-12-14-28(15-13-26)37-32(45)24-31(44)25-8-10-29(11-9-25)38-33-39-34(42-20-4-2-5-21-42)41-35(40-33)43-22-6-3-7-23-43/h8-19,36H,2-7,20-24H2,1H3,(H,37,45)(H,38,39,40,41). The van der Waals surface area contributed by atoms with Crippen LogP contribution in [-0.4, -0.2) is 59.9 Å². The van der Waals surface area contributed by atoms with Crippen LogP contribution in [0.25, 0.3) is 0 Å². The molecule has 3 aromatic carbocycles. The van der Waals surface area contributed by atoms with E-state index >= 15 is 0 Å². The van der Waals surface area contributed by atoms with E-state index < -0.39 is 0 Å². The monoisotopic (exact) mass is 620 g/mol. The molecule has 2 saturated heterocycles. The largest absolute Gasteiger partial charge is 0.497 e. The zero-order valence-corrected chi connectivity index (χ0v) is 26.2. The first-order valence-electron chi connectivity index (χ1n) is 16.0. The van der Waals surface area contributed by atoms with Crippen LogP contribution in [-0.2, 0) is 4.79 Å². The number of amides is 1. The number of methoxy groups -OCH3 is 1. The van der Waals surface area contributed by atoms with E-state index in [1.165, 1.54) is 12.8 Å². The average Bonchev–Trinajstić information content (AvgIpc) is 3.10. The molecule has 1 aromatic heterocycles. The molecule has 0 bridgehead atoms. The Morgan fingerprint density at radius 1 is 0.630 bits per heavy atom. The molecule has 0 aliphatic carbocycles. The van der Waals surface area contributed by atoms with Gasteiger partial charge in [-0.3, -0.25) is 9.59 Å². The molecule has 2 aliphatic rings. The Labute approximate surface area is 269 Å². The molecule has 11 heteroatoms. The number of rotatable bonds is 11. The average molecular weight is 621 g/mol. The van der Waals surface area contributed by atoms with Crippen molar-refractivity contribution in [2.45, 2.75) is 44.9 Å². The number of anilines is 7. The molecule has 11 nitrogen and oxygen atoms in total. The number of benzene rings is 3. The molecule has 1 amide bonds. The fourth-order valence-corrected chi connectivity index (χ4v) is 5.68. The van der Waals surface area contributed by atoms with Gasteiger partial charge in [-0.2, -0.15) is 15.0 Å². The third kappa shape index (κ3) is 8.09. The van der Waals surface area contributed by atoms with Crippen molar-refractivity contribution in [3.05, 3.63) is 78.4 Å². The van der Waals surface area contributed by atoms with Crippen LogP contribution in [0.1, 0.15) is 55.3 Å². The number of hydrogen-bond acceptors (Lipinski definition) is 10. The fourth-order valence-electron chi connectivity index (χ4n) is 5.68. The van der Waals surface area contributed by atoms with E-state index in [0.29, 0.717) is 29.1 Å². The third-order valence-corrected chi connectivity index (χ3v) is 8.22. The van der Waals surface area contributed by atoms with Gasteiger partial charge in [0, 0.05) is 54.5 Å². The summed E-state index contributed by atoms with van der Waals surface area (Å²) in [6.07, 6.45) is 6.74. The highest BCUT2D eigenvalue weighted by Gasteiger charge is 2.21. The van der Waals surface area contributed by atoms with Gasteiger partial charge in [0.15, 0.2) is 5.78 Å². The minimum atomic E-state index is -0.372. The van der Waals surface area contributed by atoms with E-state index in [0.717, 1.165) is 74.7 Å². The van der Waals surface area contributed by atoms with E-state index in [2.05, 4.69) is 25.8 Å². The number of ketones is 1. The summed E-state index contributed by atoms with van der Waals surface area (Å²) < 4.78 is 5.19. The summed E-state index contributed by atoms with van der Waals surface area (Å²) in [5.41, 5.74) is 3.61. The fraction of sp³-hybridized carbons (Fsp3) is 0.343. The summed E-state index contributed by atoms with van der Waals surface area (Å²) in [5, 5.41) is 9.42. The number of ether oxygens (including phenoxy) is 1. The van der Waals surface area contributed by atoms with E-state index in [-0.39, 0.29) is 18.1 Å². The predicted octanol–water partition coefficient (Wildman–Crippen LogP) is 6.56. The maximum absolute atomic E-state index is 12.9. The normalized spacial score (nSPS) is 14.8. The predicted molar refractivity (Wildman–Crippen MR) is 182 cm³/mol. The van der Waals surface area contributed by atoms with Gasteiger partial charge in [-0.25, -0.2) is 0 Å². The van der Waals surface area contributed by atoms with Gasteiger partial charge in [0.05, 0.1) is 13.5 Å². The van der Waals surface area contributed by atoms with Crippen molar-refractivity contribution in [3.8, 4) is 5.75 Å². The Balaban J connectivity index is 1.05. The van der Waals surface area contributed by atoms with Crippen LogP contribution < -0.4 is 30.5 Å². The van der Waals surface area contributed by atoms with Crippen molar-refractivity contribution >= 4 is 52.3 Å². The minimum absolute atomic E-state index is 0.259. The molecule has 2 aliphatic heterocycles. The van der Waals surface area contributed by atoms with Crippen molar-refractivity contribution in [3.63, 3.8) is 0 Å². The summed E-state index contributed by atoms with van der Waals surface area (Å²) in [7, 11) is 1.63. The molecule has 0 unspecified atom stereocenters. The van der Waals surface area contributed by atoms with Crippen molar-refractivity contribution in [2.75, 3.05) is 59.0 Å². The van der Waals surface area contributed by atoms with E-state index in [1.807, 2.05) is 48.5 Å². The number of carbonyl (C=O) groups is 2. The second kappa shape index (κ2) is 14.7. The second-order valence-corrected chi connectivity index (χ2v) is 11.6. The summed E-state index contributed by atoms with van der Waals surface area (Å²) in [4.78, 5) is 44.4. The van der Waals surface area contributed by atoms with Gasteiger partial charge in [-0.05, 0) is 111 Å². The maximum atomic E-state index is 12.9. The smallest absolute Gasteiger partial charge is 0.233 e. The third-order valence-electron chi connectivity index (χ3n) is 8.22. The molecule has 3 heterocycles. The molecule has 6 rings (SSSR count). The molecule has 3 N–H and O–H groups in total. The van der Waals surface area contributed by atoms with Crippen LogP contribution in [0.3, 0.4) is 0 Å². The molecule has 2 fully saturated rings. The molecule has 0 radical (unpaired) electrons. The van der Waals surface area contributed by atoms with Crippen molar-refractivity contribution < 1.29 is 14.3 Å². The van der Waals surface area contributed by atoms with Crippen LogP contribution >= 0.6 is 0 Å². The lowest BCUT2D eigenvalue weighted by Gasteiger charge is -2.30. The molecule has 46 heavy (non-hydrogen) atoms. The molecule has 0 saturated carbocycles. The van der Waals surface area contributed by atoms with Crippen molar-refractivity contribution in [2.24, 2.45) is 0 Å². The minimum Gasteiger partial charge on any atom is -0.497 e. The Morgan fingerprint density at radius 3 is 1.65 bits per heavy atom. The van der Waals surface area contributed by atoms with E-state index in [4.69, 9.17) is 19.7 Å². The number of hydrogen-bond donors (Lipinski definition) is 3. The lowest BCUT2D eigenvalue weighted by molar-refractivity contribution is -0.115. The summed E-state index contributed by atoms with van der Waals surface area (Å²) in [5.74, 6) is 2.05. The van der Waals surface area contributed by atoms with Gasteiger partial charge < -0.3 is 30.5 Å². The van der Waals surface area contributed by atoms with Gasteiger partial charge in [0.2, 0.25) is 23.8 Å². The lowest BCUT2D eigenvalue weighted by Crippen LogP contribution is -2.34. The highest BCUT2D eigenvalue weighted by molar-refractivity contribution is 6.11. The molecular formula is C35H40N8O3. The Bertz CT molecular complexity index is 1580. The second-order valence-electron chi connectivity index (χ2n) is 11.6. The van der Waals surface area contributed by atoms with E-state index in [1.54, 1.807) is 31.4 Å². The number of carbonyl (C=O) groups excluding carboxylic acids is 2. The van der Waals surface area contributed by atoms with Crippen LogP contribution in [0.5, 0.6) is 5.75 Å². The Kier molecular flexibility index (Phi) is 9.87. The highest BCUT2D eigenvalue weighted by Crippen LogP contribution is 2.25. The van der Waals surface area contributed by atoms with Crippen molar-refractivity contribution in [1.29, 1.82) is 0 Å². The maximum Gasteiger partial charge on any atom is 0.233 e. The SMILES string of the molecule is COc1ccc(Nc2ccc(NC(=O)CC(=O)c3ccc(Nc4nc(N5CCCCC5)nc(N5CCCCC5)n4)cc3)cc2)cc1. The molecule has 0 spiro atoms. The van der Waals surface area contributed by atoms with Crippen LogP contribution in [0.15, 0.2) is 72.8 Å². The summed E-state index contributed by atoms with van der Waals surface area (Å²) >= 11 is 0. The van der Waals surface area contributed by atoms with Gasteiger partial charge >= 0.3 is 0 Å². The van der Waals surface area contributed by atoms with Crippen LogP contribution in [0.4, 0.5) is 40.6 Å². The Hall–Kier alpha value is -5.19. The van der Waals surface area contributed by atoms with E-state index in [9.17, 15) is 9.59 Å². The molecule has 238 valence electrons. The zero-order chi connectivity index (χ0) is 31.7. The van der Waals surface area contributed by atoms with Gasteiger partial charge in [0.25, 0.3) is 0 Å². The number of piperidine rings is 2. The number of aromatic nitrogens is 3. The summed E-state index contributed by atoms with van der Waals surface area (Å²) in [6.45, 7) is 3.78. The zero-order valence-electron chi connectivity index (χ0n) is 26.2. The van der Waals surface area contributed by atoms with Gasteiger partial charge in [0.1, 0.15) is 5.75 Å². The van der Waals surface area contributed by atoms with Gasteiger partial charge in [-0.15, -0.1) is 0 Å². The Morgan fingerprint density at radius 2 is 1.11 bits per heavy atom. The molecule has 4 aromatic rings. The molecule has 0 atom stereocenters. The topological polar surface area (TPSA) is 125 Å². The highest BCUT2D eigenvalue weighted by atomic mass is 16.5.